The molecule has 7 nitrogen and oxygen atoms in total. The summed E-state index contributed by atoms with van der Waals surface area (Å²) >= 11 is 0. The largest absolute Gasteiger partial charge is 0.483 e. The molecule has 1 aliphatic heterocycles. The van der Waals surface area contributed by atoms with Crippen molar-refractivity contribution in [3.05, 3.63) is 36.3 Å². The molecule has 2 aromatic heterocycles. The summed E-state index contributed by atoms with van der Waals surface area (Å²) in [4.78, 5) is 6.40. The fraction of sp³-hybridized carbons (Fsp3) is 0.467. The number of pyridine rings is 1. The van der Waals surface area contributed by atoms with Gasteiger partial charge in [-0.1, -0.05) is 6.07 Å². The standard InChI is InChI=1S/C15H21N5O2/c1-20(2)15-4-3-11(6-17-15)5-16-13-9-21-10-14(13)22-12-7-18-19-8-12/h3-4,6-8,13-14,16H,5,9-10H2,1-2H3,(H,18,19)/t13-,14+/m0/s1. The molecular formula is C15H21N5O2. The smallest absolute Gasteiger partial charge is 0.157 e. The van der Waals surface area contributed by atoms with Gasteiger partial charge in [0.05, 0.1) is 31.6 Å². The molecule has 0 spiro atoms. The van der Waals surface area contributed by atoms with E-state index in [-0.39, 0.29) is 12.1 Å². The van der Waals surface area contributed by atoms with Crippen LogP contribution in [0, 0.1) is 0 Å². The maximum absolute atomic E-state index is 5.86. The second-order valence-corrected chi connectivity index (χ2v) is 5.53. The lowest BCUT2D eigenvalue weighted by atomic mass is 10.2. The van der Waals surface area contributed by atoms with Crippen molar-refractivity contribution in [3.63, 3.8) is 0 Å². The van der Waals surface area contributed by atoms with E-state index in [0.29, 0.717) is 13.2 Å². The molecule has 1 fully saturated rings. The Kier molecular flexibility index (Phi) is 4.55. The summed E-state index contributed by atoms with van der Waals surface area (Å²) in [7, 11) is 3.96. The van der Waals surface area contributed by atoms with E-state index < -0.39 is 0 Å². The summed E-state index contributed by atoms with van der Waals surface area (Å²) in [6.45, 7) is 1.96. The quantitative estimate of drug-likeness (QED) is 0.822. The van der Waals surface area contributed by atoms with E-state index in [9.17, 15) is 0 Å². The summed E-state index contributed by atoms with van der Waals surface area (Å²) < 4.78 is 11.4. The third-order valence-electron chi connectivity index (χ3n) is 3.62. The Bertz CT molecular complexity index is 570. The normalized spacial score (nSPS) is 21.0. The number of aromatic amines is 1. The zero-order valence-electron chi connectivity index (χ0n) is 12.8. The first kappa shape index (κ1) is 14.8. The van der Waals surface area contributed by atoms with E-state index in [1.807, 2.05) is 31.3 Å². The van der Waals surface area contributed by atoms with Crippen LogP contribution in [-0.2, 0) is 11.3 Å². The number of rotatable bonds is 6. The number of H-pyrrole nitrogens is 1. The summed E-state index contributed by atoms with van der Waals surface area (Å²) in [6, 6.07) is 4.25. The van der Waals surface area contributed by atoms with Crippen LogP contribution in [0.5, 0.6) is 5.75 Å². The molecule has 0 saturated carbocycles. The summed E-state index contributed by atoms with van der Waals surface area (Å²) in [5.41, 5.74) is 1.14. The number of anilines is 1. The molecule has 0 bridgehead atoms. The van der Waals surface area contributed by atoms with Gasteiger partial charge in [0.25, 0.3) is 0 Å². The van der Waals surface area contributed by atoms with Crippen LogP contribution in [-0.4, -0.2) is 54.6 Å². The molecule has 22 heavy (non-hydrogen) atoms. The topological polar surface area (TPSA) is 75.3 Å². The molecule has 3 heterocycles. The number of nitrogens with zero attached hydrogens (tertiary/aromatic N) is 3. The van der Waals surface area contributed by atoms with Crippen molar-refractivity contribution in [2.75, 3.05) is 32.2 Å². The minimum Gasteiger partial charge on any atom is -0.483 e. The fourth-order valence-electron chi connectivity index (χ4n) is 2.35. The van der Waals surface area contributed by atoms with Crippen molar-refractivity contribution in [1.29, 1.82) is 0 Å². The van der Waals surface area contributed by atoms with E-state index >= 15 is 0 Å². The average Bonchev–Trinajstić information content (AvgIpc) is 3.18. The molecule has 1 saturated heterocycles. The number of hydrogen-bond acceptors (Lipinski definition) is 6. The molecule has 1 aliphatic rings. The molecule has 2 aromatic rings. The maximum Gasteiger partial charge on any atom is 0.157 e. The second kappa shape index (κ2) is 6.76. The van der Waals surface area contributed by atoms with E-state index in [1.165, 1.54) is 0 Å². The van der Waals surface area contributed by atoms with Crippen LogP contribution in [0.15, 0.2) is 30.7 Å². The molecular weight excluding hydrogens is 282 g/mol. The van der Waals surface area contributed by atoms with Crippen molar-refractivity contribution in [1.82, 2.24) is 20.5 Å². The first-order chi connectivity index (χ1) is 10.7. The van der Waals surface area contributed by atoms with Crippen LogP contribution in [0.3, 0.4) is 0 Å². The van der Waals surface area contributed by atoms with E-state index in [1.54, 1.807) is 12.4 Å². The van der Waals surface area contributed by atoms with Gasteiger partial charge in [0.2, 0.25) is 0 Å². The summed E-state index contributed by atoms with van der Waals surface area (Å²) in [5.74, 6) is 1.69. The molecule has 0 unspecified atom stereocenters. The third-order valence-corrected chi connectivity index (χ3v) is 3.62. The molecule has 2 N–H and O–H groups in total. The maximum atomic E-state index is 5.86. The van der Waals surface area contributed by atoms with Crippen LogP contribution in [0.1, 0.15) is 5.56 Å². The zero-order valence-corrected chi connectivity index (χ0v) is 12.8. The van der Waals surface area contributed by atoms with E-state index in [4.69, 9.17) is 9.47 Å². The van der Waals surface area contributed by atoms with Crippen molar-refractivity contribution >= 4 is 5.82 Å². The number of nitrogens with one attached hydrogen (secondary N) is 2. The predicted molar refractivity (Wildman–Crippen MR) is 83.0 cm³/mol. The van der Waals surface area contributed by atoms with Gasteiger partial charge in [0.15, 0.2) is 5.75 Å². The lowest BCUT2D eigenvalue weighted by Gasteiger charge is -2.20. The van der Waals surface area contributed by atoms with Crippen molar-refractivity contribution in [2.45, 2.75) is 18.7 Å². The number of hydrogen-bond donors (Lipinski definition) is 2. The van der Waals surface area contributed by atoms with Crippen LogP contribution in [0.4, 0.5) is 5.82 Å². The van der Waals surface area contributed by atoms with Gasteiger partial charge in [-0.05, 0) is 11.6 Å². The van der Waals surface area contributed by atoms with Gasteiger partial charge >= 0.3 is 0 Å². The molecule has 0 aliphatic carbocycles. The minimum absolute atomic E-state index is 0.00777. The fourth-order valence-corrected chi connectivity index (χ4v) is 2.35. The van der Waals surface area contributed by atoms with Crippen molar-refractivity contribution < 1.29 is 9.47 Å². The Labute approximate surface area is 129 Å². The SMILES string of the molecule is CN(C)c1ccc(CN[C@H]2COC[C@H]2Oc2cn[nH]c2)cn1. The molecule has 3 rings (SSSR count). The number of ether oxygens (including phenoxy) is 2. The number of aromatic nitrogens is 3. The highest BCUT2D eigenvalue weighted by molar-refractivity contribution is 5.37. The predicted octanol–water partition coefficient (Wildman–Crippen LogP) is 0.807. The van der Waals surface area contributed by atoms with Gasteiger partial charge in [-0.2, -0.15) is 5.10 Å². The first-order valence-corrected chi connectivity index (χ1v) is 7.31. The Morgan fingerprint density at radius 2 is 2.27 bits per heavy atom. The Morgan fingerprint density at radius 3 is 2.95 bits per heavy atom. The Morgan fingerprint density at radius 1 is 1.36 bits per heavy atom. The molecule has 2 atom stereocenters. The third kappa shape index (κ3) is 3.55. The van der Waals surface area contributed by atoms with E-state index in [0.717, 1.165) is 23.7 Å². The van der Waals surface area contributed by atoms with Gasteiger partial charge < -0.3 is 19.7 Å². The first-order valence-electron chi connectivity index (χ1n) is 7.31. The van der Waals surface area contributed by atoms with Gasteiger partial charge in [0, 0.05) is 26.8 Å². The van der Waals surface area contributed by atoms with Crippen LogP contribution < -0.4 is 15.0 Å². The minimum atomic E-state index is -0.00777. The molecule has 0 amide bonds. The lowest BCUT2D eigenvalue weighted by Crippen LogP contribution is -2.41. The van der Waals surface area contributed by atoms with Crippen molar-refractivity contribution in [3.8, 4) is 5.75 Å². The Balaban J connectivity index is 1.53. The van der Waals surface area contributed by atoms with Gasteiger partial charge in [-0.3, -0.25) is 5.10 Å². The highest BCUT2D eigenvalue weighted by atomic mass is 16.5. The summed E-state index contributed by atoms with van der Waals surface area (Å²) in [6.07, 6.45) is 5.29. The molecule has 7 heteroatoms. The van der Waals surface area contributed by atoms with Crippen LogP contribution in [0.2, 0.25) is 0 Å². The highest BCUT2D eigenvalue weighted by Gasteiger charge is 2.29. The monoisotopic (exact) mass is 303 g/mol. The highest BCUT2D eigenvalue weighted by Crippen LogP contribution is 2.16. The van der Waals surface area contributed by atoms with Gasteiger partial charge in [-0.15, -0.1) is 0 Å². The van der Waals surface area contributed by atoms with Crippen LogP contribution >= 0.6 is 0 Å². The van der Waals surface area contributed by atoms with E-state index in [2.05, 4.69) is 26.6 Å². The van der Waals surface area contributed by atoms with Crippen molar-refractivity contribution in [2.24, 2.45) is 0 Å². The molecule has 0 aromatic carbocycles. The van der Waals surface area contributed by atoms with Crippen LogP contribution in [0.25, 0.3) is 0 Å². The molecule has 118 valence electrons. The second-order valence-electron chi connectivity index (χ2n) is 5.53. The van der Waals surface area contributed by atoms with Gasteiger partial charge in [0.1, 0.15) is 11.9 Å². The van der Waals surface area contributed by atoms with Gasteiger partial charge in [-0.25, -0.2) is 4.98 Å². The lowest BCUT2D eigenvalue weighted by molar-refractivity contribution is 0.139. The average molecular weight is 303 g/mol. The molecule has 0 radical (unpaired) electrons. The Hall–Kier alpha value is -2.12. The zero-order chi connectivity index (χ0) is 15.4. The summed E-state index contributed by atoms with van der Waals surface area (Å²) in [5, 5.41) is 10.1.